The van der Waals surface area contributed by atoms with Gasteiger partial charge in [0.15, 0.2) is 0 Å². The summed E-state index contributed by atoms with van der Waals surface area (Å²) >= 11 is 0. The highest BCUT2D eigenvalue weighted by Crippen LogP contribution is 2.42. The number of aromatic nitrogens is 2. The third-order valence-corrected chi connectivity index (χ3v) is 12.0. The van der Waals surface area contributed by atoms with Crippen molar-refractivity contribution in [3.63, 3.8) is 0 Å². The van der Waals surface area contributed by atoms with Crippen LogP contribution in [0.15, 0.2) is 83.8 Å². The summed E-state index contributed by atoms with van der Waals surface area (Å²) in [5, 5.41) is 1.63. The predicted octanol–water partition coefficient (Wildman–Crippen LogP) is 7.50. The Balaban J connectivity index is 1.17. The molecule has 0 N–H and O–H groups in total. The van der Waals surface area contributed by atoms with Crippen molar-refractivity contribution in [2.45, 2.75) is 75.7 Å². The lowest BCUT2D eigenvalue weighted by molar-refractivity contribution is 0.106. The van der Waals surface area contributed by atoms with Crippen LogP contribution in [0.4, 0.5) is 14.5 Å². The number of rotatable bonds is 11. The van der Waals surface area contributed by atoms with Crippen molar-refractivity contribution in [2.75, 3.05) is 31.1 Å². The molecular formula is C41H42F2N4O5S. The maximum Gasteiger partial charge on any atom is 0.340 e. The number of benzene rings is 4. The number of aryl methyl sites for hydroxylation is 2. The molecular weight excluding hydrogens is 699 g/mol. The van der Waals surface area contributed by atoms with E-state index in [1.807, 2.05) is 56.3 Å². The number of alkyl halides is 1. The minimum absolute atomic E-state index is 0.00343. The first kappa shape index (κ1) is 35.2. The second-order valence-electron chi connectivity index (χ2n) is 14.3. The minimum atomic E-state index is -4.25. The quantitative estimate of drug-likeness (QED) is 0.128. The summed E-state index contributed by atoms with van der Waals surface area (Å²) in [6.07, 6.45) is 2.01. The number of hydrogen-bond donors (Lipinski definition) is 0. The van der Waals surface area contributed by atoms with Crippen LogP contribution >= 0.6 is 0 Å². The molecule has 4 aromatic carbocycles. The third-order valence-electron chi connectivity index (χ3n) is 10.8. The average molecular weight is 741 g/mol. The number of fused-ring (bicyclic) bond motifs is 3. The van der Waals surface area contributed by atoms with E-state index >= 15 is 4.39 Å². The van der Waals surface area contributed by atoms with Crippen LogP contribution in [0.2, 0.25) is 0 Å². The van der Waals surface area contributed by atoms with Gasteiger partial charge in [-0.1, -0.05) is 61.0 Å². The van der Waals surface area contributed by atoms with E-state index in [4.69, 9.17) is 18.6 Å². The molecule has 3 aliphatic heterocycles. The van der Waals surface area contributed by atoms with Crippen molar-refractivity contribution >= 4 is 26.6 Å². The van der Waals surface area contributed by atoms with Crippen molar-refractivity contribution < 1.29 is 30.9 Å². The standard InChI is InChI=1S/C41H42F2N4O5S/c1-3-33-35(43)15-12-29-20-31(50-25-28-8-5-4-6-9-28)21-37(38(29)33)46-19-16-34-36(24-46)44-40(51-26-41-17-7-18-47(41)23-30(42)22-41)45-39(34)52-53(48,49)32-13-10-27(2)11-14-32/h4-6,8-15,20-21,30H,3,7,16-19,22-26H2,1-2H3/t30-,41+/m1/s1. The smallest absolute Gasteiger partial charge is 0.340 e. The molecule has 2 fully saturated rings. The van der Waals surface area contributed by atoms with E-state index in [0.717, 1.165) is 47.0 Å². The molecule has 53 heavy (non-hydrogen) atoms. The van der Waals surface area contributed by atoms with Crippen molar-refractivity contribution in [3.05, 3.63) is 113 Å². The molecule has 1 aromatic heterocycles. The SMILES string of the molecule is CCc1c(F)ccc2cc(OCc3ccccc3)cc(N3CCc4c(nc(OC[C@@]56CCCN5C[C@H](F)C6)nc4OS(=O)(=O)c4ccc(C)cc4)C3)c12. The third kappa shape index (κ3) is 7.02. The van der Waals surface area contributed by atoms with Gasteiger partial charge in [0.25, 0.3) is 0 Å². The molecule has 0 unspecified atom stereocenters. The fourth-order valence-corrected chi connectivity index (χ4v) is 9.01. The van der Waals surface area contributed by atoms with E-state index in [0.29, 0.717) is 61.5 Å². The molecule has 2 atom stereocenters. The topological polar surface area (TPSA) is 94.1 Å². The number of halogens is 2. The Morgan fingerprint density at radius 3 is 2.58 bits per heavy atom. The molecule has 4 heterocycles. The normalized spacial score (nSPS) is 20.0. The lowest BCUT2D eigenvalue weighted by Gasteiger charge is -2.33. The molecule has 0 spiro atoms. The highest BCUT2D eigenvalue weighted by Gasteiger charge is 2.49. The highest BCUT2D eigenvalue weighted by molar-refractivity contribution is 7.87. The first-order valence-corrected chi connectivity index (χ1v) is 19.6. The van der Waals surface area contributed by atoms with E-state index in [2.05, 4.69) is 14.8 Å². The summed E-state index contributed by atoms with van der Waals surface area (Å²) in [4.78, 5) is 13.6. The summed E-state index contributed by atoms with van der Waals surface area (Å²) in [6, 6.07) is 23.4. The van der Waals surface area contributed by atoms with E-state index in [1.54, 1.807) is 18.2 Å². The van der Waals surface area contributed by atoms with Crippen LogP contribution < -0.4 is 18.6 Å². The number of ether oxygens (including phenoxy) is 2. The van der Waals surface area contributed by atoms with E-state index in [1.165, 1.54) is 18.2 Å². The van der Waals surface area contributed by atoms with Gasteiger partial charge in [0.1, 0.15) is 35.8 Å². The predicted molar refractivity (Wildman–Crippen MR) is 198 cm³/mol. The van der Waals surface area contributed by atoms with E-state index in [9.17, 15) is 12.8 Å². The zero-order chi connectivity index (χ0) is 36.7. The van der Waals surface area contributed by atoms with Crippen molar-refractivity contribution in [1.29, 1.82) is 0 Å². The Kier molecular flexibility index (Phi) is 9.44. The summed E-state index contributed by atoms with van der Waals surface area (Å²) in [5.41, 5.74) is 3.94. The molecule has 3 aliphatic rings. The Hall–Kier alpha value is -4.81. The molecule has 5 aromatic rings. The molecule has 9 nitrogen and oxygen atoms in total. The fraction of sp³-hybridized carbons (Fsp3) is 0.366. The van der Waals surface area contributed by atoms with Gasteiger partial charge in [0.05, 0.1) is 17.8 Å². The molecule has 8 rings (SSSR count). The van der Waals surface area contributed by atoms with Crippen LogP contribution in [0.5, 0.6) is 17.6 Å². The Bertz CT molecular complexity index is 2260. The van der Waals surface area contributed by atoms with Crippen LogP contribution in [-0.4, -0.2) is 61.2 Å². The van der Waals surface area contributed by atoms with Gasteiger partial charge in [0, 0.05) is 42.2 Å². The van der Waals surface area contributed by atoms with Gasteiger partial charge in [-0.25, -0.2) is 8.78 Å². The van der Waals surface area contributed by atoms with Crippen LogP contribution in [0.1, 0.15) is 54.1 Å². The molecule has 0 aliphatic carbocycles. The van der Waals surface area contributed by atoms with Crippen molar-refractivity contribution in [3.8, 4) is 17.6 Å². The summed E-state index contributed by atoms with van der Waals surface area (Å²) in [5.74, 6) is 0.263. The van der Waals surface area contributed by atoms with Crippen LogP contribution in [0.25, 0.3) is 10.8 Å². The van der Waals surface area contributed by atoms with Gasteiger partial charge in [0.2, 0.25) is 5.88 Å². The van der Waals surface area contributed by atoms with Crippen molar-refractivity contribution in [2.24, 2.45) is 0 Å². The molecule has 0 radical (unpaired) electrons. The van der Waals surface area contributed by atoms with Gasteiger partial charge in [-0.15, -0.1) is 0 Å². The average Bonchev–Trinajstić information content (AvgIpc) is 3.68. The molecule has 276 valence electrons. The Morgan fingerprint density at radius 1 is 0.981 bits per heavy atom. The van der Waals surface area contributed by atoms with E-state index < -0.39 is 21.8 Å². The minimum Gasteiger partial charge on any atom is -0.489 e. The first-order chi connectivity index (χ1) is 25.6. The second-order valence-corrected chi connectivity index (χ2v) is 15.9. The van der Waals surface area contributed by atoms with Crippen LogP contribution in [0.3, 0.4) is 0 Å². The maximum absolute atomic E-state index is 15.3. The number of hydrogen-bond acceptors (Lipinski definition) is 9. The maximum atomic E-state index is 15.3. The molecule has 0 bridgehead atoms. The van der Waals surface area contributed by atoms with Gasteiger partial charge in [-0.3, -0.25) is 4.90 Å². The molecule has 0 saturated carbocycles. The Morgan fingerprint density at radius 2 is 1.79 bits per heavy atom. The summed E-state index contributed by atoms with van der Waals surface area (Å²) < 4.78 is 75.4. The molecule has 12 heteroatoms. The largest absolute Gasteiger partial charge is 0.489 e. The van der Waals surface area contributed by atoms with E-state index in [-0.39, 0.29) is 35.8 Å². The zero-order valence-electron chi connectivity index (χ0n) is 29.9. The first-order valence-electron chi connectivity index (χ1n) is 18.2. The number of anilines is 1. The Labute approximate surface area is 308 Å². The monoisotopic (exact) mass is 740 g/mol. The molecule has 0 amide bonds. The van der Waals surface area contributed by atoms with Crippen LogP contribution in [0, 0.1) is 12.7 Å². The second kappa shape index (κ2) is 14.2. The summed E-state index contributed by atoms with van der Waals surface area (Å²) in [7, 11) is -4.25. The van der Waals surface area contributed by atoms with Crippen LogP contribution in [-0.2, 0) is 36.1 Å². The van der Waals surface area contributed by atoms with Crippen molar-refractivity contribution in [1.82, 2.24) is 14.9 Å². The van der Waals surface area contributed by atoms with Gasteiger partial charge in [-0.2, -0.15) is 18.4 Å². The fourth-order valence-electron chi connectivity index (χ4n) is 8.10. The number of nitrogens with zero attached hydrogens (tertiary/aromatic N) is 4. The molecule has 2 saturated heterocycles. The highest BCUT2D eigenvalue weighted by atomic mass is 32.2. The lowest BCUT2D eigenvalue weighted by atomic mass is 9.95. The van der Waals surface area contributed by atoms with Gasteiger partial charge >= 0.3 is 16.1 Å². The zero-order valence-corrected chi connectivity index (χ0v) is 30.7. The summed E-state index contributed by atoms with van der Waals surface area (Å²) in [6.45, 7) is 6.21. The van der Waals surface area contributed by atoms with Gasteiger partial charge < -0.3 is 18.6 Å². The lowest BCUT2D eigenvalue weighted by Crippen LogP contribution is -2.43. The van der Waals surface area contributed by atoms with Gasteiger partial charge in [-0.05, 0) is 79.9 Å².